The van der Waals surface area contributed by atoms with Gasteiger partial charge in [0, 0.05) is 17.5 Å². The molecule has 0 saturated carbocycles. The number of nitriles is 1. The fourth-order valence-corrected chi connectivity index (χ4v) is 3.70. The van der Waals surface area contributed by atoms with Crippen LogP contribution in [-0.4, -0.2) is 32.4 Å². The number of carboxylic acids is 1. The van der Waals surface area contributed by atoms with Gasteiger partial charge >= 0.3 is 29.6 Å². The first-order valence-electron chi connectivity index (χ1n) is 6.73. The first kappa shape index (κ1) is 18.5. The summed E-state index contributed by atoms with van der Waals surface area (Å²) in [6, 6.07) is 7.21. The molecule has 1 aromatic heterocycles. The Labute approximate surface area is 164 Å². The summed E-state index contributed by atoms with van der Waals surface area (Å²) >= 11 is 1.38. The first-order chi connectivity index (χ1) is 11.1. The van der Waals surface area contributed by atoms with Gasteiger partial charge < -0.3 is 9.90 Å². The van der Waals surface area contributed by atoms with Crippen molar-refractivity contribution in [3.63, 3.8) is 0 Å². The van der Waals surface area contributed by atoms with Gasteiger partial charge in [0.25, 0.3) is 5.91 Å². The fraction of sp³-hybridized carbons (Fsp3) is 0.125. The van der Waals surface area contributed by atoms with E-state index in [0.717, 1.165) is 0 Å². The van der Waals surface area contributed by atoms with E-state index in [0.29, 0.717) is 11.3 Å². The maximum absolute atomic E-state index is 12.3. The quantitative estimate of drug-likeness (QED) is 0.259. The van der Waals surface area contributed by atoms with Crippen LogP contribution in [0.3, 0.4) is 0 Å². The van der Waals surface area contributed by atoms with E-state index in [4.69, 9.17) is 5.26 Å². The Morgan fingerprint density at radius 2 is 2.25 bits per heavy atom. The molecule has 0 radical (unpaired) electrons. The van der Waals surface area contributed by atoms with Crippen LogP contribution >= 0.6 is 11.8 Å². The van der Waals surface area contributed by atoms with Crippen LogP contribution in [0.1, 0.15) is 5.69 Å². The molecule has 0 spiro atoms. The van der Waals surface area contributed by atoms with Crippen molar-refractivity contribution in [2.24, 2.45) is 0 Å². The third kappa shape index (κ3) is 3.47. The smallest absolute Gasteiger partial charge is 0.543 e. The van der Waals surface area contributed by atoms with Crippen molar-refractivity contribution in [3.05, 3.63) is 59.6 Å². The van der Waals surface area contributed by atoms with Gasteiger partial charge in [-0.1, -0.05) is 12.1 Å². The van der Waals surface area contributed by atoms with Crippen molar-refractivity contribution < 1.29 is 44.3 Å². The molecule has 0 aliphatic carbocycles. The van der Waals surface area contributed by atoms with E-state index in [1.165, 1.54) is 28.8 Å². The van der Waals surface area contributed by atoms with Gasteiger partial charge in [0.15, 0.2) is 0 Å². The number of hydrogen-bond acceptors (Lipinski definition) is 6. The third-order valence-electron chi connectivity index (χ3n) is 3.39. The maximum atomic E-state index is 12.3. The number of carbonyl (C=O) groups excluding carboxylic acids is 2. The Kier molecular flexibility index (Phi) is 6.02. The number of nitrogens with zero attached hydrogens (tertiary/aromatic N) is 3. The molecule has 24 heavy (non-hydrogen) atoms. The minimum atomic E-state index is -1.41. The second-order valence-electron chi connectivity index (χ2n) is 4.81. The number of aromatic nitrogens is 1. The summed E-state index contributed by atoms with van der Waals surface area (Å²) in [7, 11) is 0. The van der Waals surface area contributed by atoms with Crippen LogP contribution in [0.25, 0.3) is 6.08 Å². The maximum Gasteiger partial charge on any atom is 1.00 e. The van der Waals surface area contributed by atoms with E-state index in [-0.39, 0.29) is 46.4 Å². The first-order valence-corrected chi connectivity index (χ1v) is 7.67. The Balaban J connectivity index is 0.00000208. The van der Waals surface area contributed by atoms with E-state index in [1.807, 2.05) is 6.07 Å². The zero-order chi connectivity index (χ0) is 16.4. The summed E-state index contributed by atoms with van der Waals surface area (Å²) in [6.07, 6.45) is 7.57. The van der Waals surface area contributed by atoms with Gasteiger partial charge in [0.2, 0.25) is 0 Å². The fourth-order valence-electron chi connectivity index (χ4n) is 2.38. The van der Waals surface area contributed by atoms with Crippen molar-refractivity contribution in [2.45, 2.75) is 10.6 Å². The Hall–Kier alpha value is -1.85. The van der Waals surface area contributed by atoms with Gasteiger partial charge in [-0.25, -0.2) is 0 Å². The van der Waals surface area contributed by atoms with Crippen LogP contribution in [0.2, 0.25) is 0 Å². The van der Waals surface area contributed by atoms with Gasteiger partial charge in [-0.05, 0) is 24.3 Å². The number of pyridine rings is 1. The molecule has 1 aromatic rings. The van der Waals surface area contributed by atoms with Crippen LogP contribution < -0.4 is 34.7 Å². The third-order valence-corrected chi connectivity index (χ3v) is 4.72. The minimum Gasteiger partial charge on any atom is -0.543 e. The molecule has 6 nitrogen and oxygen atoms in total. The van der Waals surface area contributed by atoms with Crippen LogP contribution in [0.15, 0.2) is 53.9 Å². The molecule has 2 atom stereocenters. The molecule has 0 aromatic carbocycles. The predicted molar refractivity (Wildman–Crippen MR) is 82.1 cm³/mol. The molecule has 0 N–H and O–H groups in total. The molecule has 2 aliphatic rings. The summed E-state index contributed by atoms with van der Waals surface area (Å²) < 4.78 is 0. The molecular formula is C16H10N3NaO3S. The zero-order valence-electron chi connectivity index (χ0n) is 12.7. The predicted octanol–water partition coefficient (Wildman–Crippen LogP) is -2.53. The molecule has 3 rings (SSSR count). The average molecular weight is 347 g/mol. The topological polar surface area (TPSA) is 97.1 Å². The number of amides is 1. The number of fused-ring (bicyclic) bond motifs is 1. The van der Waals surface area contributed by atoms with E-state index < -0.39 is 11.3 Å². The van der Waals surface area contributed by atoms with Crippen LogP contribution in [0.5, 0.6) is 0 Å². The molecule has 3 heterocycles. The summed E-state index contributed by atoms with van der Waals surface area (Å²) in [5, 5.41) is 19.1. The number of β-lactam (4-membered cyclic amide) rings is 1. The van der Waals surface area contributed by atoms with Crippen LogP contribution in [0, 0.1) is 11.3 Å². The van der Waals surface area contributed by atoms with Crippen molar-refractivity contribution in [1.29, 1.82) is 5.26 Å². The average Bonchev–Trinajstić information content (AvgIpc) is 2.57. The number of allylic oxidation sites excluding steroid dienone is 1. The summed E-state index contributed by atoms with van der Waals surface area (Å²) in [6.45, 7) is 0. The number of hydrogen-bond donors (Lipinski definition) is 0. The van der Waals surface area contributed by atoms with E-state index in [1.54, 1.807) is 36.5 Å². The molecule has 2 unspecified atom stereocenters. The second kappa shape index (κ2) is 7.81. The zero-order valence-corrected chi connectivity index (χ0v) is 15.6. The molecule has 2 aliphatic heterocycles. The standard InChI is InChI=1S/C16H11N3O3S.Na/c17-6-3-5-11-9-13(16(21)22)19-14(20)12(15(19)23-11)8-10-4-1-2-7-18-10;/h1-5,7-9,11,15H,(H,21,22);/q;+1/p-1/b5-3+,12-8-;. The second-order valence-corrected chi connectivity index (χ2v) is 6.07. The van der Waals surface area contributed by atoms with Gasteiger partial charge in [-0.2, -0.15) is 5.26 Å². The molecule has 1 fully saturated rings. The summed E-state index contributed by atoms with van der Waals surface area (Å²) in [4.78, 5) is 28.9. The molecule has 0 bridgehead atoms. The molecular weight excluding hydrogens is 337 g/mol. The van der Waals surface area contributed by atoms with E-state index >= 15 is 0 Å². The molecule has 114 valence electrons. The van der Waals surface area contributed by atoms with Gasteiger partial charge in [0.1, 0.15) is 5.37 Å². The summed E-state index contributed by atoms with van der Waals surface area (Å²) in [5.41, 5.74) is 0.949. The van der Waals surface area contributed by atoms with E-state index in [2.05, 4.69) is 4.98 Å². The van der Waals surface area contributed by atoms with Gasteiger partial charge in [0.05, 0.1) is 29.0 Å². The van der Waals surface area contributed by atoms with Gasteiger partial charge in [-0.15, -0.1) is 11.8 Å². The molecule has 8 heteroatoms. The van der Waals surface area contributed by atoms with Crippen molar-refractivity contribution >= 4 is 29.7 Å². The Morgan fingerprint density at radius 3 is 2.88 bits per heavy atom. The number of aliphatic carboxylic acids is 1. The van der Waals surface area contributed by atoms with Crippen molar-refractivity contribution in [3.8, 4) is 6.07 Å². The number of rotatable bonds is 3. The Morgan fingerprint density at radius 1 is 1.46 bits per heavy atom. The van der Waals surface area contributed by atoms with Crippen LogP contribution in [0.4, 0.5) is 0 Å². The number of carbonyl (C=O) groups is 2. The summed E-state index contributed by atoms with van der Waals surface area (Å²) in [5.74, 6) is -1.78. The molecule has 1 amide bonds. The number of carboxylic acid groups (broad SMARTS) is 1. The minimum absolute atomic E-state index is 0. The Bertz CT molecular complexity index is 799. The monoisotopic (exact) mass is 347 g/mol. The normalized spacial score (nSPS) is 23.8. The van der Waals surface area contributed by atoms with Crippen molar-refractivity contribution in [2.75, 3.05) is 0 Å². The van der Waals surface area contributed by atoms with Gasteiger partial charge in [-0.3, -0.25) is 14.7 Å². The van der Waals surface area contributed by atoms with Crippen molar-refractivity contribution in [1.82, 2.24) is 9.88 Å². The largest absolute Gasteiger partial charge is 1.00 e. The SMILES string of the molecule is N#C/C=C/C1C=C(C(=O)[O-])N2C(=O)/C(=C/c3ccccn3)C2S1.[Na+]. The van der Waals surface area contributed by atoms with E-state index in [9.17, 15) is 14.7 Å². The van der Waals surface area contributed by atoms with Crippen LogP contribution in [-0.2, 0) is 9.59 Å². The number of thioether (sulfide) groups is 1. The molecule has 1 saturated heterocycles.